The van der Waals surface area contributed by atoms with Gasteiger partial charge in [0.2, 0.25) is 11.8 Å². The Balaban J connectivity index is 1.63. The van der Waals surface area contributed by atoms with Crippen LogP contribution in [0, 0.1) is 19.7 Å². The molecule has 1 aliphatic carbocycles. The van der Waals surface area contributed by atoms with Crippen molar-refractivity contribution >= 4 is 29.4 Å². The highest BCUT2D eigenvalue weighted by Crippen LogP contribution is 2.48. The lowest BCUT2D eigenvalue weighted by Gasteiger charge is -2.24. The van der Waals surface area contributed by atoms with Gasteiger partial charge in [0.1, 0.15) is 18.2 Å². The van der Waals surface area contributed by atoms with E-state index in [1.807, 2.05) is 68.4 Å². The topological polar surface area (TPSA) is 67.2 Å². The molecule has 2 heterocycles. The third-order valence-electron chi connectivity index (χ3n) is 7.34. The summed E-state index contributed by atoms with van der Waals surface area (Å²) in [5.41, 5.74) is 6.08. The highest BCUT2D eigenvalue weighted by Gasteiger charge is 2.38. The molecule has 1 aliphatic heterocycles. The summed E-state index contributed by atoms with van der Waals surface area (Å²) in [6.07, 6.45) is 1.92. The molecule has 6 nitrogen and oxygen atoms in total. The number of anilines is 1. The Hall–Kier alpha value is -3.91. The van der Waals surface area contributed by atoms with Gasteiger partial charge in [0.15, 0.2) is 0 Å². The molecule has 198 valence electrons. The minimum atomic E-state index is -0.370. The molecule has 0 bridgehead atoms. The molecule has 1 aromatic heterocycles. The lowest BCUT2D eigenvalue weighted by Crippen LogP contribution is -2.43. The van der Waals surface area contributed by atoms with Crippen LogP contribution in [0.1, 0.15) is 40.3 Å². The molecule has 8 heteroatoms. The SMILES string of the molecule is Cc1cccc(-n2nc(-c3ccccc3)c3c2N(CC(=O)NC2CC2)C(=O)CSC3c2cccc(F)c2)c1C. The van der Waals surface area contributed by atoms with Crippen molar-refractivity contribution in [2.24, 2.45) is 0 Å². The first-order valence-corrected chi connectivity index (χ1v) is 14.2. The number of hydrogen-bond acceptors (Lipinski definition) is 4. The van der Waals surface area contributed by atoms with E-state index in [1.54, 1.807) is 15.6 Å². The molecule has 2 aliphatic rings. The third-order valence-corrected chi connectivity index (χ3v) is 8.59. The summed E-state index contributed by atoms with van der Waals surface area (Å²) in [7, 11) is 0. The van der Waals surface area contributed by atoms with E-state index in [2.05, 4.69) is 5.32 Å². The summed E-state index contributed by atoms with van der Waals surface area (Å²) >= 11 is 1.44. The number of rotatable bonds is 6. The highest BCUT2D eigenvalue weighted by molar-refractivity contribution is 8.00. The number of fused-ring (bicyclic) bond motifs is 1. The molecule has 6 rings (SSSR count). The number of thioether (sulfide) groups is 1. The number of aryl methyl sites for hydroxylation is 1. The first kappa shape index (κ1) is 25.4. The van der Waals surface area contributed by atoms with E-state index in [9.17, 15) is 14.0 Å². The number of nitrogens with one attached hydrogen (secondary N) is 1. The van der Waals surface area contributed by atoms with Crippen LogP contribution in [0.4, 0.5) is 10.2 Å². The molecule has 1 fully saturated rings. The predicted octanol–water partition coefficient (Wildman–Crippen LogP) is 5.74. The molecule has 2 amide bonds. The Morgan fingerprint density at radius 2 is 1.82 bits per heavy atom. The standard InChI is InChI=1S/C31H29FN4O2S/c1-19-8-6-13-25(20(19)2)36-31-28(29(34-36)21-9-4-3-5-10-21)30(22-11-7-12-23(32)16-22)39-18-27(38)35(31)17-26(37)33-24-14-15-24/h3-13,16,24,30H,14-15,17-18H2,1-2H3,(H,33,37). The number of carbonyl (C=O) groups is 2. The van der Waals surface area contributed by atoms with E-state index < -0.39 is 0 Å². The van der Waals surface area contributed by atoms with Crippen molar-refractivity contribution in [3.05, 3.63) is 101 Å². The maximum atomic E-state index is 14.5. The van der Waals surface area contributed by atoms with E-state index in [0.717, 1.165) is 46.3 Å². The first-order chi connectivity index (χ1) is 18.9. The average molecular weight is 541 g/mol. The van der Waals surface area contributed by atoms with E-state index in [4.69, 9.17) is 5.10 Å². The molecule has 1 atom stereocenters. The second kappa shape index (κ2) is 10.3. The zero-order chi connectivity index (χ0) is 27.1. The van der Waals surface area contributed by atoms with Crippen LogP contribution < -0.4 is 10.2 Å². The maximum absolute atomic E-state index is 14.5. The number of amides is 2. The van der Waals surface area contributed by atoms with Gasteiger partial charge in [-0.05, 0) is 61.6 Å². The Morgan fingerprint density at radius 1 is 1.05 bits per heavy atom. The van der Waals surface area contributed by atoms with Crippen molar-refractivity contribution in [1.29, 1.82) is 0 Å². The van der Waals surface area contributed by atoms with E-state index in [-0.39, 0.29) is 41.2 Å². The lowest BCUT2D eigenvalue weighted by atomic mass is 9.99. The molecule has 1 saturated carbocycles. The number of carbonyl (C=O) groups excluding carboxylic acids is 2. The Bertz CT molecular complexity index is 1560. The van der Waals surface area contributed by atoms with Crippen molar-refractivity contribution in [3.8, 4) is 16.9 Å². The molecular weight excluding hydrogens is 511 g/mol. The van der Waals surface area contributed by atoms with E-state index >= 15 is 0 Å². The average Bonchev–Trinajstić information content (AvgIpc) is 3.68. The molecule has 39 heavy (non-hydrogen) atoms. The number of nitrogens with zero attached hydrogens (tertiary/aromatic N) is 3. The van der Waals surface area contributed by atoms with Crippen LogP contribution in [0.15, 0.2) is 72.8 Å². The summed E-state index contributed by atoms with van der Waals surface area (Å²) in [6, 6.07) is 22.5. The quantitative estimate of drug-likeness (QED) is 0.339. The van der Waals surface area contributed by atoms with Crippen molar-refractivity contribution in [1.82, 2.24) is 15.1 Å². The van der Waals surface area contributed by atoms with Gasteiger partial charge in [-0.2, -0.15) is 5.10 Å². The zero-order valence-electron chi connectivity index (χ0n) is 21.9. The Morgan fingerprint density at radius 3 is 2.56 bits per heavy atom. The second-order valence-corrected chi connectivity index (χ2v) is 11.2. The molecule has 3 aromatic carbocycles. The van der Waals surface area contributed by atoms with Gasteiger partial charge in [-0.25, -0.2) is 9.07 Å². The van der Waals surface area contributed by atoms with E-state index in [1.165, 1.54) is 23.9 Å². The monoisotopic (exact) mass is 540 g/mol. The summed E-state index contributed by atoms with van der Waals surface area (Å²) in [5.74, 6) is -0.0156. The second-order valence-electron chi connectivity index (χ2n) is 10.2. The minimum Gasteiger partial charge on any atom is -0.352 e. The summed E-state index contributed by atoms with van der Waals surface area (Å²) < 4.78 is 16.3. The van der Waals surface area contributed by atoms with Crippen molar-refractivity contribution < 1.29 is 14.0 Å². The summed E-state index contributed by atoms with van der Waals surface area (Å²) in [5, 5.41) is 7.78. The normalized spacial score (nSPS) is 17.1. The number of benzene rings is 3. The van der Waals surface area contributed by atoms with Crippen LogP contribution in [0.3, 0.4) is 0 Å². The van der Waals surface area contributed by atoms with Crippen molar-refractivity contribution in [3.63, 3.8) is 0 Å². The number of halogens is 1. The molecule has 1 unspecified atom stereocenters. The Kier molecular flexibility index (Phi) is 6.73. The van der Waals surface area contributed by atoms with Crippen LogP contribution in [-0.2, 0) is 9.59 Å². The van der Waals surface area contributed by atoms with Gasteiger partial charge in [-0.3, -0.25) is 14.5 Å². The third kappa shape index (κ3) is 4.96. The fourth-order valence-corrected chi connectivity index (χ4v) is 6.23. The summed E-state index contributed by atoms with van der Waals surface area (Å²) in [4.78, 5) is 28.4. The predicted molar refractivity (Wildman–Crippen MR) is 153 cm³/mol. The molecule has 0 spiro atoms. The number of aromatic nitrogens is 2. The van der Waals surface area contributed by atoms with Gasteiger partial charge in [0.05, 0.1) is 22.4 Å². The number of hydrogen-bond donors (Lipinski definition) is 1. The largest absolute Gasteiger partial charge is 0.352 e. The van der Waals surface area contributed by atoms with Crippen LogP contribution in [0.5, 0.6) is 0 Å². The minimum absolute atomic E-state index is 0.108. The summed E-state index contributed by atoms with van der Waals surface area (Å²) in [6.45, 7) is 3.96. The van der Waals surface area contributed by atoms with Crippen LogP contribution in [0.2, 0.25) is 0 Å². The lowest BCUT2D eigenvalue weighted by molar-refractivity contribution is -0.123. The molecule has 0 saturated heterocycles. The van der Waals surface area contributed by atoms with Crippen LogP contribution in [-0.4, -0.2) is 39.9 Å². The smallest absolute Gasteiger partial charge is 0.240 e. The van der Waals surface area contributed by atoms with E-state index in [0.29, 0.717) is 11.5 Å². The zero-order valence-corrected chi connectivity index (χ0v) is 22.7. The van der Waals surface area contributed by atoms with Crippen molar-refractivity contribution in [2.75, 3.05) is 17.2 Å². The molecule has 0 radical (unpaired) electrons. The molecule has 1 N–H and O–H groups in total. The van der Waals surface area contributed by atoms with Gasteiger partial charge in [0.25, 0.3) is 0 Å². The fraction of sp³-hybridized carbons (Fsp3) is 0.258. The van der Waals surface area contributed by atoms with Crippen molar-refractivity contribution in [2.45, 2.75) is 38.0 Å². The maximum Gasteiger partial charge on any atom is 0.240 e. The van der Waals surface area contributed by atoms with Gasteiger partial charge >= 0.3 is 0 Å². The van der Waals surface area contributed by atoms with Crippen LogP contribution >= 0.6 is 11.8 Å². The first-order valence-electron chi connectivity index (χ1n) is 13.1. The van der Waals surface area contributed by atoms with Crippen LogP contribution in [0.25, 0.3) is 16.9 Å². The fourth-order valence-electron chi connectivity index (χ4n) is 5.04. The molecular formula is C31H29FN4O2S. The van der Waals surface area contributed by atoms with Gasteiger partial charge in [-0.15, -0.1) is 11.8 Å². The highest BCUT2D eigenvalue weighted by atomic mass is 32.2. The van der Waals surface area contributed by atoms with Gasteiger partial charge in [0, 0.05) is 17.2 Å². The molecule has 4 aromatic rings. The van der Waals surface area contributed by atoms with Gasteiger partial charge in [-0.1, -0.05) is 54.6 Å². The Labute approximate surface area is 231 Å². The van der Waals surface area contributed by atoms with Gasteiger partial charge < -0.3 is 5.32 Å².